The number of hydrogen-bond acceptors (Lipinski definition) is 3. The van der Waals surface area contributed by atoms with Crippen molar-refractivity contribution in [3.63, 3.8) is 0 Å². The molecule has 1 saturated heterocycles. The largest absolute Gasteiger partial charge is 0.351 e. The molecule has 2 N–H and O–H groups in total. The molecule has 1 aliphatic heterocycles. The van der Waals surface area contributed by atoms with Crippen LogP contribution in [0.25, 0.3) is 0 Å². The van der Waals surface area contributed by atoms with E-state index in [0.717, 1.165) is 4.90 Å². The Morgan fingerprint density at radius 3 is 2.30 bits per heavy atom. The Morgan fingerprint density at radius 1 is 1.50 bits per heavy atom. The van der Waals surface area contributed by atoms with Crippen molar-refractivity contribution in [1.82, 2.24) is 4.90 Å². The second kappa shape index (κ2) is 2.12. The third-order valence-electron chi connectivity index (χ3n) is 1.34. The Kier molecular flexibility index (Phi) is 1.55. The fourth-order valence-electron chi connectivity index (χ4n) is 0.790. The lowest BCUT2D eigenvalue weighted by molar-refractivity contribution is 0.220. The molecular weight excluding hydrogens is 156 g/mol. The predicted molar refractivity (Wildman–Crippen MR) is 34.9 cm³/mol. The van der Waals surface area contributed by atoms with E-state index >= 15 is 0 Å². The van der Waals surface area contributed by atoms with Crippen molar-refractivity contribution >= 4 is 15.9 Å². The van der Waals surface area contributed by atoms with Crippen molar-refractivity contribution in [2.75, 3.05) is 18.2 Å². The Bertz CT molecular complexity index is 245. The highest BCUT2D eigenvalue weighted by Crippen LogP contribution is 2.05. The quantitative estimate of drug-likeness (QED) is 0.486. The second-order valence-electron chi connectivity index (χ2n) is 2.18. The molecule has 0 atom stereocenters. The molecule has 1 rings (SSSR count). The first-order valence-corrected chi connectivity index (χ1v) is 4.58. The summed E-state index contributed by atoms with van der Waals surface area (Å²) in [5.74, 6) is -0.182. The number of hydrogen-bond donors (Lipinski definition) is 1. The molecule has 0 radical (unpaired) electrons. The molecule has 0 aromatic heterocycles. The highest BCUT2D eigenvalue weighted by Gasteiger charge is 2.27. The van der Waals surface area contributed by atoms with Gasteiger partial charge in [0.25, 0.3) is 0 Å². The van der Waals surface area contributed by atoms with Crippen LogP contribution in [0.15, 0.2) is 0 Å². The monoisotopic (exact) mass is 164 g/mol. The minimum atomic E-state index is -3.02. The van der Waals surface area contributed by atoms with Crippen LogP contribution in [0, 0.1) is 0 Å². The molecule has 1 fully saturated rings. The summed E-state index contributed by atoms with van der Waals surface area (Å²) in [6.45, 7) is 0.234. The van der Waals surface area contributed by atoms with Crippen molar-refractivity contribution < 1.29 is 13.2 Å². The van der Waals surface area contributed by atoms with Crippen LogP contribution in [0.3, 0.4) is 0 Å². The molecule has 0 saturated carbocycles. The lowest BCUT2D eigenvalue weighted by Crippen LogP contribution is -2.33. The van der Waals surface area contributed by atoms with E-state index in [1.54, 1.807) is 0 Å². The third-order valence-corrected chi connectivity index (χ3v) is 2.85. The zero-order valence-electron chi connectivity index (χ0n) is 5.28. The highest BCUT2D eigenvalue weighted by atomic mass is 32.2. The molecule has 0 spiro atoms. The van der Waals surface area contributed by atoms with Crippen molar-refractivity contribution in [2.24, 2.45) is 5.73 Å². The van der Waals surface area contributed by atoms with E-state index in [1.807, 2.05) is 0 Å². The topological polar surface area (TPSA) is 80.5 Å². The van der Waals surface area contributed by atoms with Crippen LogP contribution in [0.2, 0.25) is 0 Å². The van der Waals surface area contributed by atoms with Crippen LogP contribution in [0.5, 0.6) is 0 Å². The summed E-state index contributed by atoms with van der Waals surface area (Å²) in [7, 11) is -3.02. The summed E-state index contributed by atoms with van der Waals surface area (Å²) in [6, 6.07) is -0.666. The van der Waals surface area contributed by atoms with Gasteiger partial charge in [0, 0.05) is 6.54 Å². The summed E-state index contributed by atoms with van der Waals surface area (Å²) >= 11 is 0. The molecule has 1 aliphatic rings. The second-order valence-corrected chi connectivity index (χ2v) is 4.33. The number of nitrogens with zero attached hydrogens (tertiary/aromatic N) is 1. The molecule has 58 valence electrons. The van der Waals surface area contributed by atoms with Gasteiger partial charge in [-0.2, -0.15) is 0 Å². The van der Waals surface area contributed by atoms with Gasteiger partial charge in [0.15, 0.2) is 9.84 Å². The van der Waals surface area contributed by atoms with E-state index in [0.29, 0.717) is 0 Å². The first-order chi connectivity index (χ1) is 4.51. The molecule has 0 aromatic rings. The number of nitrogens with two attached hydrogens (primary N) is 1. The lowest BCUT2D eigenvalue weighted by atomic mass is 10.6. The summed E-state index contributed by atoms with van der Waals surface area (Å²) in [5.41, 5.74) is 4.84. The molecule has 6 heteroatoms. The molecular formula is C4H8N2O3S. The molecule has 0 aliphatic carbocycles. The summed E-state index contributed by atoms with van der Waals surface area (Å²) < 4.78 is 21.4. The van der Waals surface area contributed by atoms with E-state index in [9.17, 15) is 13.2 Å². The van der Waals surface area contributed by atoms with Crippen molar-refractivity contribution in [2.45, 2.75) is 0 Å². The fourth-order valence-corrected chi connectivity index (χ4v) is 2.15. The average Bonchev–Trinajstić information content (AvgIpc) is 2.10. The van der Waals surface area contributed by atoms with E-state index in [2.05, 4.69) is 0 Å². The number of amides is 2. The maximum Gasteiger partial charge on any atom is 0.315 e. The molecule has 5 nitrogen and oxygen atoms in total. The van der Waals surface area contributed by atoms with Crippen LogP contribution in [-0.4, -0.2) is 37.5 Å². The Hall–Kier alpha value is -0.780. The van der Waals surface area contributed by atoms with E-state index in [4.69, 9.17) is 5.73 Å². The Labute approximate surface area is 58.7 Å². The average molecular weight is 164 g/mol. The number of sulfone groups is 1. The Balaban J connectivity index is 2.69. The number of primary amides is 1. The normalized spacial score (nSPS) is 23.0. The van der Waals surface area contributed by atoms with E-state index in [1.165, 1.54) is 0 Å². The number of carbonyl (C=O) groups excluding carboxylic acids is 1. The van der Waals surface area contributed by atoms with Gasteiger partial charge in [0.1, 0.15) is 5.88 Å². The summed E-state index contributed by atoms with van der Waals surface area (Å²) in [6.07, 6.45) is 0. The molecule has 0 unspecified atom stereocenters. The zero-order chi connectivity index (χ0) is 7.78. The van der Waals surface area contributed by atoms with Crippen LogP contribution >= 0.6 is 0 Å². The van der Waals surface area contributed by atoms with Crippen LogP contribution in [0.1, 0.15) is 0 Å². The first kappa shape index (κ1) is 7.33. The van der Waals surface area contributed by atoms with Gasteiger partial charge in [-0.15, -0.1) is 0 Å². The van der Waals surface area contributed by atoms with Gasteiger partial charge in [-0.3, -0.25) is 0 Å². The maximum atomic E-state index is 10.7. The van der Waals surface area contributed by atoms with Crippen molar-refractivity contribution in [3.8, 4) is 0 Å². The van der Waals surface area contributed by atoms with Crippen LogP contribution in [-0.2, 0) is 9.84 Å². The van der Waals surface area contributed by atoms with Gasteiger partial charge < -0.3 is 10.6 Å². The molecule has 10 heavy (non-hydrogen) atoms. The minimum Gasteiger partial charge on any atom is -0.351 e. The zero-order valence-corrected chi connectivity index (χ0v) is 6.10. The molecule has 0 aromatic carbocycles. The molecule has 2 amide bonds. The van der Waals surface area contributed by atoms with Crippen molar-refractivity contribution in [1.29, 1.82) is 0 Å². The summed E-state index contributed by atoms with van der Waals surface area (Å²) in [4.78, 5) is 11.5. The van der Waals surface area contributed by atoms with Gasteiger partial charge in [-0.1, -0.05) is 0 Å². The number of urea groups is 1. The minimum absolute atomic E-state index is 0.0376. The van der Waals surface area contributed by atoms with E-state index in [-0.39, 0.29) is 18.2 Å². The van der Waals surface area contributed by atoms with Gasteiger partial charge in [-0.05, 0) is 0 Å². The van der Waals surface area contributed by atoms with E-state index < -0.39 is 15.9 Å². The van der Waals surface area contributed by atoms with Crippen LogP contribution in [0.4, 0.5) is 4.79 Å². The van der Waals surface area contributed by atoms with Gasteiger partial charge in [-0.25, -0.2) is 13.2 Å². The van der Waals surface area contributed by atoms with Crippen molar-refractivity contribution in [3.05, 3.63) is 0 Å². The molecule has 0 bridgehead atoms. The predicted octanol–water partition coefficient (Wildman–Crippen LogP) is -1.25. The van der Waals surface area contributed by atoms with Gasteiger partial charge in [0.05, 0.1) is 5.75 Å². The SMILES string of the molecule is NC(=O)N1CCS(=O)(=O)C1. The number of carbonyl (C=O) groups is 1. The summed E-state index contributed by atoms with van der Waals surface area (Å²) in [5, 5.41) is 0. The Morgan fingerprint density at radius 2 is 2.10 bits per heavy atom. The smallest absolute Gasteiger partial charge is 0.315 e. The maximum absolute atomic E-state index is 10.7. The first-order valence-electron chi connectivity index (χ1n) is 2.76. The molecule has 1 heterocycles. The lowest BCUT2D eigenvalue weighted by Gasteiger charge is -2.07. The highest BCUT2D eigenvalue weighted by molar-refractivity contribution is 7.91. The fraction of sp³-hybridized carbons (Fsp3) is 0.750. The van der Waals surface area contributed by atoms with Gasteiger partial charge in [0.2, 0.25) is 0 Å². The standard InChI is InChI=1S/C4H8N2O3S/c5-4(7)6-1-2-10(8,9)3-6/h1-3H2,(H2,5,7). The van der Waals surface area contributed by atoms with Gasteiger partial charge >= 0.3 is 6.03 Å². The third kappa shape index (κ3) is 1.38. The number of rotatable bonds is 0. The van der Waals surface area contributed by atoms with Crippen LogP contribution < -0.4 is 5.73 Å².